The number of hydrogen-bond acceptors (Lipinski definition) is 4. The average molecular weight is 331 g/mol. The third-order valence-electron chi connectivity index (χ3n) is 3.89. The first-order valence-corrected chi connectivity index (χ1v) is 8.21. The normalized spacial score (nSPS) is 11.4. The molecule has 0 aliphatic carbocycles. The molecular weight excluding hydrogens is 310 g/mol. The van der Waals surface area contributed by atoms with Gasteiger partial charge in [0.1, 0.15) is 5.75 Å². The van der Waals surface area contributed by atoms with E-state index in [1.165, 1.54) is 0 Å². The number of rotatable bonds is 6. The van der Waals surface area contributed by atoms with Gasteiger partial charge < -0.3 is 10.5 Å². The van der Waals surface area contributed by atoms with E-state index in [4.69, 9.17) is 15.5 Å². The second kappa shape index (κ2) is 8.22. The number of pyridine rings is 1. The number of methoxy groups -OCH3 is 1. The van der Waals surface area contributed by atoms with Crippen LogP contribution in [0.1, 0.15) is 11.1 Å². The first-order chi connectivity index (χ1) is 12.3. The maximum Gasteiger partial charge on any atom is 0.119 e. The molecule has 0 aliphatic rings. The fourth-order valence-electron chi connectivity index (χ4n) is 2.69. The Kier molecular flexibility index (Phi) is 5.54. The summed E-state index contributed by atoms with van der Waals surface area (Å²) < 4.78 is 5.35. The molecule has 3 rings (SSSR count). The monoisotopic (exact) mass is 331 g/mol. The molecule has 0 saturated carbocycles. The Morgan fingerprint density at radius 1 is 0.960 bits per heavy atom. The number of aromatic nitrogens is 1. The minimum Gasteiger partial charge on any atom is -0.497 e. The van der Waals surface area contributed by atoms with Gasteiger partial charge in [0.2, 0.25) is 0 Å². The SMILES string of the molecule is COc1cccc(C(=NCCN)c2cccc(-c3ccncc3)c2)c1. The molecule has 0 atom stereocenters. The standard InChI is InChI=1S/C21H21N3O/c1-25-20-7-3-6-19(15-20)21(24-13-10-22)18-5-2-4-17(14-18)16-8-11-23-12-9-16/h2-9,11-12,14-15H,10,13,22H2,1H3. The molecule has 2 aromatic carbocycles. The summed E-state index contributed by atoms with van der Waals surface area (Å²) in [5.74, 6) is 0.809. The first kappa shape index (κ1) is 16.9. The van der Waals surface area contributed by atoms with Gasteiger partial charge in [-0.1, -0.05) is 30.3 Å². The minimum atomic E-state index is 0.511. The molecule has 0 fully saturated rings. The second-order valence-corrected chi connectivity index (χ2v) is 5.57. The summed E-state index contributed by atoms with van der Waals surface area (Å²) in [7, 11) is 1.67. The van der Waals surface area contributed by atoms with Gasteiger partial charge in [-0.2, -0.15) is 0 Å². The van der Waals surface area contributed by atoms with Crippen LogP contribution >= 0.6 is 0 Å². The number of benzene rings is 2. The molecule has 0 radical (unpaired) electrons. The highest BCUT2D eigenvalue weighted by molar-refractivity contribution is 6.13. The van der Waals surface area contributed by atoms with Crippen LogP contribution in [0.5, 0.6) is 5.75 Å². The largest absolute Gasteiger partial charge is 0.497 e. The van der Waals surface area contributed by atoms with Crippen molar-refractivity contribution < 1.29 is 4.74 Å². The highest BCUT2D eigenvalue weighted by Gasteiger charge is 2.09. The zero-order chi connectivity index (χ0) is 17.5. The summed E-state index contributed by atoms with van der Waals surface area (Å²) in [6.45, 7) is 1.09. The van der Waals surface area contributed by atoms with Crippen molar-refractivity contribution >= 4 is 5.71 Å². The van der Waals surface area contributed by atoms with Crippen LogP contribution in [0.25, 0.3) is 11.1 Å². The Labute approximate surface area is 148 Å². The molecule has 0 unspecified atom stereocenters. The fraction of sp³-hybridized carbons (Fsp3) is 0.143. The highest BCUT2D eigenvalue weighted by Crippen LogP contribution is 2.23. The number of aliphatic imine (C=N–C) groups is 1. The second-order valence-electron chi connectivity index (χ2n) is 5.57. The Hall–Kier alpha value is -2.98. The van der Waals surface area contributed by atoms with Crippen molar-refractivity contribution in [1.29, 1.82) is 0 Å². The number of ether oxygens (including phenoxy) is 1. The molecule has 0 aliphatic heterocycles. The summed E-state index contributed by atoms with van der Waals surface area (Å²) in [6, 6.07) is 20.3. The Balaban J connectivity index is 2.05. The lowest BCUT2D eigenvalue weighted by molar-refractivity contribution is 0.414. The van der Waals surface area contributed by atoms with Gasteiger partial charge in [-0.25, -0.2) is 0 Å². The van der Waals surface area contributed by atoms with Crippen LogP contribution in [-0.4, -0.2) is 30.9 Å². The van der Waals surface area contributed by atoms with Crippen molar-refractivity contribution in [2.24, 2.45) is 10.7 Å². The summed E-state index contributed by atoms with van der Waals surface area (Å²) in [4.78, 5) is 8.80. The third kappa shape index (κ3) is 4.11. The number of hydrogen-bond donors (Lipinski definition) is 1. The lowest BCUT2D eigenvalue weighted by Crippen LogP contribution is -2.09. The Morgan fingerprint density at radius 3 is 2.40 bits per heavy atom. The van der Waals surface area contributed by atoms with Gasteiger partial charge >= 0.3 is 0 Å². The van der Waals surface area contributed by atoms with E-state index < -0.39 is 0 Å². The fourth-order valence-corrected chi connectivity index (χ4v) is 2.69. The van der Waals surface area contributed by atoms with Gasteiger partial charge in [0, 0.05) is 30.1 Å². The molecule has 1 heterocycles. The quantitative estimate of drug-likeness (QED) is 0.703. The molecule has 0 saturated heterocycles. The topological polar surface area (TPSA) is 60.5 Å². The maximum absolute atomic E-state index is 5.67. The van der Waals surface area contributed by atoms with Gasteiger partial charge in [-0.05, 0) is 41.5 Å². The third-order valence-corrected chi connectivity index (χ3v) is 3.89. The molecule has 0 spiro atoms. The van der Waals surface area contributed by atoms with Crippen molar-refractivity contribution in [3.8, 4) is 16.9 Å². The van der Waals surface area contributed by atoms with Gasteiger partial charge in [-0.15, -0.1) is 0 Å². The van der Waals surface area contributed by atoms with Crippen molar-refractivity contribution in [3.05, 3.63) is 84.2 Å². The summed E-state index contributed by atoms with van der Waals surface area (Å²) in [6.07, 6.45) is 3.60. The van der Waals surface area contributed by atoms with Gasteiger partial charge in [0.25, 0.3) is 0 Å². The summed E-state index contributed by atoms with van der Waals surface area (Å²) in [5.41, 5.74) is 10.9. The molecular formula is C21H21N3O. The number of nitrogens with zero attached hydrogens (tertiary/aromatic N) is 2. The predicted octanol–water partition coefficient (Wildman–Crippen LogP) is 3.55. The van der Waals surface area contributed by atoms with Crippen molar-refractivity contribution in [3.63, 3.8) is 0 Å². The van der Waals surface area contributed by atoms with Crippen LogP contribution in [0.3, 0.4) is 0 Å². The van der Waals surface area contributed by atoms with E-state index in [0.29, 0.717) is 13.1 Å². The van der Waals surface area contributed by atoms with Crippen molar-refractivity contribution in [2.45, 2.75) is 0 Å². The van der Waals surface area contributed by atoms with E-state index in [0.717, 1.165) is 33.7 Å². The molecule has 3 aromatic rings. The van der Waals surface area contributed by atoms with Crippen molar-refractivity contribution in [2.75, 3.05) is 20.2 Å². The van der Waals surface area contributed by atoms with E-state index in [2.05, 4.69) is 23.2 Å². The molecule has 4 nitrogen and oxygen atoms in total. The smallest absolute Gasteiger partial charge is 0.119 e. The van der Waals surface area contributed by atoms with E-state index in [1.807, 2.05) is 42.5 Å². The van der Waals surface area contributed by atoms with Gasteiger partial charge in [0.05, 0.1) is 19.4 Å². The minimum absolute atomic E-state index is 0.511. The molecule has 0 bridgehead atoms. The van der Waals surface area contributed by atoms with Crippen LogP contribution in [0.2, 0.25) is 0 Å². The lowest BCUT2D eigenvalue weighted by atomic mass is 9.97. The first-order valence-electron chi connectivity index (χ1n) is 8.21. The molecule has 4 heteroatoms. The summed E-state index contributed by atoms with van der Waals surface area (Å²) in [5, 5.41) is 0. The van der Waals surface area contributed by atoms with E-state index in [1.54, 1.807) is 19.5 Å². The predicted molar refractivity (Wildman–Crippen MR) is 102 cm³/mol. The molecule has 0 amide bonds. The van der Waals surface area contributed by atoms with E-state index in [-0.39, 0.29) is 0 Å². The van der Waals surface area contributed by atoms with E-state index in [9.17, 15) is 0 Å². The van der Waals surface area contributed by atoms with Crippen LogP contribution in [-0.2, 0) is 0 Å². The molecule has 2 N–H and O–H groups in total. The zero-order valence-corrected chi connectivity index (χ0v) is 14.2. The maximum atomic E-state index is 5.67. The molecule has 126 valence electrons. The lowest BCUT2D eigenvalue weighted by Gasteiger charge is -2.11. The summed E-state index contributed by atoms with van der Waals surface area (Å²) >= 11 is 0. The highest BCUT2D eigenvalue weighted by atomic mass is 16.5. The van der Waals surface area contributed by atoms with Gasteiger partial charge in [0.15, 0.2) is 0 Å². The van der Waals surface area contributed by atoms with Crippen LogP contribution in [0.4, 0.5) is 0 Å². The molecule has 1 aromatic heterocycles. The van der Waals surface area contributed by atoms with Crippen LogP contribution < -0.4 is 10.5 Å². The Morgan fingerprint density at radius 2 is 1.68 bits per heavy atom. The van der Waals surface area contributed by atoms with Crippen molar-refractivity contribution in [1.82, 2.24) is 4.98 Å². The zero-order valence-electron chi connectivity index (χ0n) is 14.2. The number of nitrogens with two attached hydrogens (primary N) is 1. The van der Waals surface area contributed by atoms with Crippen LogP contribution in [0, 0.1) is 0 Å². The average Bonchev–Trinajstić information content (AvgIpc) is 2.69. The van der Waals surface area contributed by atoms with Gasteiger partial charge in [-0.3, -0.25) is 9.98 Å². The molecule has 25 heavy (non-hydrogen) atoms. The van der Waals surface area contributed by atoms with Crippen LogP contribution in [0.15, 0.2) is 78.0 Å². The van der Waals surface area contributed by atoms with E-state index >= 15 is 0 Å². The Bertz CT molecular complexity index is 860.